The number of hydrogen-bond donors (Lipinski definition) is 1. The van der Waals surface area contributed by atoms with Crippen LogP contribution in [-0.4, -0.2) is 76.2 Å². The van der Waals surface area contributed by atoms with Crippen molar-refractivity contribution >= 4 is 15.7 Å². The predicted octanol–water partition coefficient (Wildman–Crippen LogP) is 0.522. The number of likely N-dealkylation sites (N-methyl/N-ethyl adjacent to an activating group) is 1. The van der Waals surface area contributed by atoms with E-state index in [2.05, 4.69) is 22.2 Å². The van der Waals surface area contributed by atoms with Crippen LogP contribution >= 0.6 is 0 Å². The second-order valence-corrected chi connectivity index (χ2v) is 8.52. The van der Waals surface area contributed by atoms with Gasteiger partial charge in [-0.25, -0.2) is 8.42 Å². The van der Waals surface area contributed by atoms with Crippen LogP contribution in [0.2, 0.25) is 0 Å². The van der Waals surface area contributed by atoms with Crippen molar-refractivity contribution in [1.29, 1.82) is 0 Å². The maximum absolute atomic E-state index is 12.2. The maximum Gasteiger partial charge on any atom is 0.234 e. The highest BCUT2D eigenvalue weighted by molar-refractivity contribution is 7.91. The van der Waals surface area contributed by atoms with E-state index in [1.807, 2.05) is 6.92 Å². The number of benzene rings is 1. The molecule has 0 bridgehead atoms. The van der Waals surface area contributed by atoms with Crippen LogP contribution in [0.4, 0.5) is 0 Å². The molecule has 0 atom stereocenters. The molecular formula is C17H27N3O3S. The molecule has 1 aliphatic rings. The molecule has 0 aromatic heterocycles. The zero-order valence-corrected chi connectivity index (χ0v) is 15.3. The Kier molecular flexibility index (Phi) is 6.77. The maximum atomic E-state index is 12.2. The number of carbonyl (C=O) groups is 1. The van der Waals surface area contributed by atoms with Crippen molar-refractivity contribution in [2.24, 2.45) is 0 Å². The van der Waals surface area contributed by atoms with Gasteiger partial charge in [-0.3, -0.25) is 9.69 Å². The van der Waals surface area contributed by atoms with Gasteiger partial charge in [0.1, 0.15) is 0 Å². The standard InChI is InChI=1S/C17H27N3O3S/c1-15-4-6-16(7-5-15)24(22,23)13-8-18-17(21)14-20-10-3-9-19(2)11-12-20/h4-7H,3,8-14H2,1-2H3,(H,18,21). The third-order valence-electron chi connectivity index (χ3n) is 4.25. The third-order valence-corrected chi connectivity index (χ3v) is 5.98. The van der Waals surface area contributed by atoms with E-state index in [1.165, 1.54) is 0 Å². The number of hydrogen-bond acceptors (Lipinski definition) is 5. The number of aryl methyl sites for hydroxylation is 1. The summed E-state index contributed by atoms with van der Waals surface area (Å²) in [7, 11) is -1.27. The molecule has 1 aromatic rings. The number of rotatable bonds is 6. The van der Waals surface area contributed by atoms with Gasteiger partial charge in [-0.15, -0.1) is 0 Å². The minimum absolute atomic E-state index is 0.0788. The summed E-state index contributed by atoms with van der Waals surface area (Å²) in [6.45, 7) is 6.16. The Hall–Kier alpha value is -1.44. The minimum atomic E-state index is -3.35. The summed E-state index contributed by atoms with van der Waals surface area (Å²) in [5.74, 6) is -0.191. The second kappa shape index (κ2) is 8.60. The molecule has 7 heteroatoms. The highest BCUT2D eigenvalue weighted by Gasteiger charge is 2.17. The van der Waals surface area contributed by atoms with E-state index in [9.17, 15) is 13.2 Å². The van der Waals surface area contributed by atoms with Gasteiger partial charge >= 0.3 is 0 Å². The van der Waals surface area contributed by atoms with Gasteiger partial charge in [0.25, 0.3) is 0 Å². The highest BCUT2D eigenvalue weighted by Crippen LogP contribution is 2.11. The average molecular weight is 353 g/mol. The van der Waals surface area contributed by atoms with Crippen LogP contribution in [0.3, 0.4) is 0 Å². The van der Waals surface area contributed by atoms with E-state index in [4.69, 9.17) is 0 Å². The lowest BCUT2D eigenvalue weighted by Gasteiger charge is -2.19. The Morgan fingerprint density at radius 2 is 1.83 bits per heavy atom. The molecular weight excluding hydrogens is 326 g/mol. The zero-order valence-electron chi connectivity index (χ0n) is 14.5. The number of nitrogens with one attached hydrogen (secondary N) is 1. The fourth-order valence-corrected chi connectivity index (χ4v) is 3.86. The fourth-order valence-electron chi connectivity index (χ4n) is 2.71. The number of amides is 1. The molecule has 1 aliphatic heterocycles. The second-order valence-electron chi connectivity index (χ2n) is 6.41. The van der Waals surface area contributed by atoms with E-state index in [0.717, 1.165) is 38.2 Å². The molecule has 1 fully saturated rings. The zero-order chi connectivity index (χ0) is 17.6. The van der Waals surface area contributed by atoms with Crippen LogP contribution < -0.4 is 5.32 Å². The number of carbonyl (C=O) groups excluding carboxylic acids is 1. The average Bonchev–Trinajstić information content (AvgIpc) is 2.72. The van der Waals surface area contributed by atoms with Gasteiger partial charge in [-0.1, -0.05) is 17.7 Å². The first kappa shape index (κ1) is 18.9. The van der Waals surface area contributed by atoms with Crippen molar-refractivity contribution in [3.05, 3.63) is 29.8 Å². The molecule has 0 aliphatic carbocycles. The van der Waals surface area contributed by atoms with Crippen LogP contribution in [0, 0.1) is 6.92 Å². The van der Waals surface area contributed by atoms with Crippen LogP contribution in [-0.2, 0) is 14.6 Å². The summed E-state index contributed by atoms with van der Waals surface area (Å²) in [4.78, 5) is 16.7. The van der Waals surface area contributed by atoms with Crippen LogP contribution in [0.1, 0.15) is 12.0 Å². The predicted molar refractivity (Wildman–Crippen MR) is 94.8 cm³/mol. The van der Waals surface area contributed by atoms with E-state index in [-0.39, 0.29) is 18.2 Å². The molecule has 0 saturated carbocycles. The lowest BCUT2D eigenvalue weighted by molar-refractivity contribution is -0.122. The molecule has 0 radical (unpaired) electrons. The summed E-state index contributed by atoms with van der Waals surface area (Å²) in [6, 6.07) is 6.78. The molecule has 1 saturated heterocycles. The van der Waals surface area contributed by atoms with Crippen molar-refractivity contribution in [2.75, 3.05) is 52.1 Å². The van der Waals surface area contributed by atoms with Crippen molar-refractivity contribution in [1.82, 2.24) is 15.1 Å². The Morgan fingerprint density at radius 1 is 1.12 bits per heavy atom. The van der Waals surface area contributed by atoms with E-state index in [1.54, 1.807) is 24.3 Å². The first-order valence-electron chi connectivity index (χ1n) is 8.34. The lowest BCUT2D eigenvalue weighted by atomic mass is 10.2. The molecule has 1 aromatic carbocycles. The molecule has 1 N–H and O–H groups in total. The van der Waals surface area contributed by atoms with Gasteiger partial charge in [0.2, 0.25) is 5.91 Å². The van der Waals surface area contributed by atoms with Gasteiger partial charge in [0.05, 0.1) is 17.2 Å². The molecule has 24 heavy (non-hydrogen) atoms. The molecule has 0 unspecified atom stereocenters. The van der Waals surface area contributed by atoms with Gasteiger partial charge in [-0.05, 0) is 45.6 Å². The van der Waals surface area contributed by atoms with Crippen molar-refractivity contribution < 1.29 is 13.2 Å². The summed E-state index contributed by atoms with van der Waals surface area (Å²) >= 11 is 0. The third kappa shape index (κ3) is 5.89. The van der Waals surface area contributed by atoms with Crippen molar-refractivity contribution in [3.8, 4) is 0 Å². The molecule has 6 nitrogen and oxygen atoms in total. The van der Waals surface area contributed by atoms with E-state index < -0.39 is 9.84 Å². The van der Waals surface area contributed by atoms with Crippen LogP contribution in [0.15, 0.2) is 29.2 Å². The molecule has 134 valence electrons. The minimum Gasteiger partial charge on any atom is -0.354 e. The van der Waals surface area contributed by atoms with E-state index >= 15 is 0 Å². The van der Waals surface area contributed by atoms with Crippen molar-refractivity contribution in [2.45, 2.75) is 18.2 Å². The van der Waals surface area contributed by atoms with Gasteiger partial charge in [0.15, 0.2) is 9.84 Å². The largest absolute Gasteiger partial charge is 0.354 e. The van der Waals surface area contributed by atoms with Gasteiger partial charge in [-0.2, -0.15) is 0 Å². The van der Waals surface area contributed by atoms with Crippen LogP contribution in [0.5, 0.6) is 0 Å². The number of sulfone groups is 1. The Labute approximate surface area is 144 Å². The molecule has 1 heterocycles. The Bertz CT molecular complexity index is 644. The summed E-state index contributed by atoms with van der Waals surface area (Å²) in [6.07, 6.45) is 1.05. The topological polar surface area (TPSA) is 69.7 Å². The molecule has 1 amide bonds. The Morgan fingerprint density at radius 3 is 2.54 bits per heavy atom. The fraction of sp³-hybridized carbons (Fsp3) is 0.588. The van der Waals surface area contributed by atoms with E-state index in [0.29, 0.717) is 11.4 Å². The normalized spacial score (nSPS) is 17.4. The van der Waals surface area contributed by atoms with Gasteiger partial charge in [0, 0.05) is 19.6 Å². The first-order chi connectivity index (χ1) is 11.4. The molecule has 0 spiro atoms. The summed E-state index contributed by atoms with van der Waals surface area (Å²) in [5, 5.41) is 2.73. The number of nitrogens with zero attached hydrogens (tertiary/aromatic N) is 2. The van der Waals surface area contributed by atoms with Crippen LogP contribution in [0.25, 0.3) is 0 Å². The highest BCUT2D eigenvalue weighted by atomic mass is 32.2. The monoisotopic (exact) mass is 353 g/mol. The first-order valence-corrected chi connectivity index (χ1v) is 9.99. The lowest BCUT2D eigenvalue weighted by Crippen LogP contribution is -2.40. The molecule has 2 rings (SSSR count). The van der Waals surface area contributed by atoms with Gasteiger partial charge < -0.3 is 10.2 Å². The Balaban J connectivity index is 1.76. The quantitative estimate of drug-likeness (QED) is 0.808. The summed E-state index contributed by atoms with van der Waals surface area (Å²) < 4.78 is 24.5. The summed E-state index contributed by atoms with van der Waals surface area (Å²) in [5.41, 5.74) is 1.02. The SMILES string of the molecule is Cc1ccc(S(=O)(=O)CCNC(=O)CN2CCCN(C)CC2)cc1. The smallest absolute Gasteiger partial charge is 0.234 e. The van der Waals surface area contributed by atoms with Crippen molar-refractivity contribution in [3.63, 3.8) is 0 Å².